The maximum atomic E-state index is 12.1. The molecule has 1 aromatic carbocycles. The zero-order valence-electron chi connectivity index (χ0n) is 33.8. The number of carbonyl (C=O) groups excluding carboxylic acids is 2. The Morgan fingerprint density at radius 3 is 1.12 bits per heavy atom. The number of hydrazine groups is 1. The first kappa shape index (κ1) is 44.6. The maximum Gasteiger partial charge on any atom is 0.258 e. The first-order chi connectivity index (χ1) is 28.4. The van der Waals surface area contributed by atoms with E-state index in [1.807, 2.05) is 39.0 Å². The second-order valence-corrected chi connectivity index (χ2v) is 13.3. The lowest BCUT2D eigenvalue weighted by atomic mass is 10.0. The smallest absolute Gasteiger partial charge is 0.258 e. The van der Waals surface area contributed by atoms with Crippen LogP contribution >= 0.6 is 0 Å². The molecule has 3 N–H and O–H groups in total. The second-order valence-electron chi connectivity index (χ2n) is 13.3. The number of nitrogens with zero attached hydrogens (tertiary/aromatic N) is 1. The third kappa shape index (κ3) is 13.8. The molecular weight excluding hydrogens is 721 g/mol. The number of benzene rings is 1. The molecule has 300 valence electrons. The highest BCUT2D eigenvalue weighted by molar-refractivity contribution is 6.14. The number of carbonyl (C=O) groups is 2. The van der Waals surface area contributed by atoms with Crippen molar-refractivity contribution in [2.24, 2.45) is 5.92 Å². The van der Waals surface area contributed by atoms with Crippen LogP contribution in [0.4, 0.5) is 5.69 Å². The lowest BCUT2D eigenvalue weighted by molar-refractivity contribution is -0.127. The summed E-state index contributed by atoms with van der Waals surface area (Å²) in [4.78, 5) is 23.8. The summed E-state index contributed by atoms with van der Waals surface area (Å²) in [6.45, 7) is 7.46. The van der Waals surface area contributed by atoms with Crippen molar-refractivity contribution in [2.75, 3.05) is 31.4 Å². The van der Waals surface area contributed by atoms with E-state index in [4.69, 9.17) is 14.9 Å². The predicted octanol–water partition coefficient (Wildman–Crippen LogP) is 9.80. The molecule has 1 atom stereocenters. The third-order valence-corrected chi connectivity index (χ3v) is 9.17. The topological polar surface area (TPSA) is 99.1 Å². The van der Waals surface area contributed by atoms with Crippen LogP contribution < -0.4 is 10.4 Å². The number of hydrogen-bond donors (Lipinski definition) is 3. The molecule has 1 aromatic rings. The average molecular weight is 777 g/mol. The van der Waals surface area contributed by atoms with Crippen molar-refractivity contribution >= 4 is 17.5 Å². The second kappa shape index (κ2) is 25.2. The Bertz CT molecular complexity index is 1770. The Kier molecular flexibility index (Phi) is 19.4. The van der Waals surface area contributed by atoms with Crippen LogP contribution in [0.2, 0.25) is 0 Å². The summed E-state index contributed by atoms with van der Waals surface area (Å²) in [5.74, 6) is -0.850. The minimum atomic E-state index is -0.518. The molecule has 2 amide bonds. The van der Waals surface area contributed by atoms with Gasteiger partial charge in [0.25, 0.3) is 11.8 Å². The minimum absolute atomic E-state index is 0.125. The number of allylic oxidation sites excluding steroid dienone is 32. The van der Waals surface area contributed by atoms with Gasteiger partial charge in [-0.25, -0.2) is 5.01 Å². The Morgan fingerprint density at radius 2 is 0.862 bits per heavy atom. The van der Waals surface area contributed by atoms with Gasteiger partial charge in [0.1, 0.15) is 5.92 Å². The van der Waals surface area contributed by atoms with Crippen molar-refractivity contribution in [3.8, 4) is 0 Å². The number of aliphatic hydroxyl groups excluding tert-OH is 2. The molecule has 7 nitrogen and oxygen atoms in total. The number of aliphatic hydroxyl groups is 2. The van der Waals surface area contributed by atoms with E-state index >= 15 is 0 Å². The van der Waals surface area contributed by atoms with E-state index in [0.717, 1.165) is 26.1 Å². The fraction of sp³-hybridized carbons (Fsp3) is 0.216. The normalized spacial score (nSPS) is 18.6. The monoisotopic (exact) mass is 776 g/mol. The number of unbranched alkanes of at least 4 members (excludes halogenated alkanes) is 1. The summed E-state index contributed by atoms with van der Waals surface area (Å²) in [5.41, 5.74) is 14.2. The van der Waals surface area contributed by atoms with E-state index in [1.165, 1.54) is 49.6 Å². The standard InChI is InChI=1S/C13H16N2O2.4C8H6.C4H10O.C2H6O2/c1-2-3-9-11-12(16)14-15(13(11)17)10-7-5-4-6-8-10;4*1-3-7-5-2-6-8(7)4-1;1-3-5-4-2;3-1-2-4/h4-8,11H,2-3,9H2,1H3,(H,14,16);4*1-6H;3-4H2,1-2H3;3-4H,1-2H2. The van der Waals surface area contributed by atoms with Gasteiger partial charge >= 0.3 is 0 Å². The molecule has 7 heteroatoms. The van der Waals surface area contributed by atoms with Crippen LogP contribution in [0, 0.1) is 5.92 Å². The predicted molar refractivity (Wildman–Crippen MR) is 239 cm³/mol. The Hall–Kier alpha value is -6.12. The van der Waals surface area contributed by atoms with Gasteiger partial charge in [0.15, 0.2) is 0 Å². The number of amides is 2. The number of anilines is 1. The van der Waals surface area contributed by atoms with Crippen molar-refractivity contribution in [1.82, 2.24) is 5.43 Å². The van der Waals surface area contributed by atoms with Crippen LogP contribution in [0.15, 0.2) is 221 Å². The SMILES string of the molecule is C1=CC2=CC=CC2=C1.C1=CC2=CC=CC2=C1.C1=CC2=CC=CC2=C1.C1=CC2=CC=CC2=C1.CCCCC1C(=O)NN(c2ccccc2)C1=O.CCOCC.OCCO. The fourth-order valence-corrected chi connectivity index (χ4v) is 6.17. The molecule has 0 bridgehead atoms. The number of nitrogens with one attached hydrogen (secondary N) is 1. The molecule has 1 fully saturated rings. The van der Waals surface area contributed by atoms with Gasteiger partial charge in [-0.05, 0) is 77.0 Å². The number of ether oxygens (including phenoxy) is 1. The van der Waals surface area contributed by atoms with Gasteiger partial charge < -0.3 is 14.9 Å². The summed E-state index contributed by atoms with van der Waals surface area (Å²) in [6, 6.07) is 9.17. The highest BCUT2D eigenvalue weighted by Crippen LogP contribution is 2.26. The van der Waals surface area contributed by atoms with E-state index in [0.29, 0.717) is 12.1 Å². The van der Waals surface area contributed by atoms with E-state index in [2.05, 4.69) is 151 Å². The number of hydrogen-bond acceptors (Lipinski definition) is 5. The van der Waals surface area contributed by atoms with E-state index in [9.17, 15) is 9.59 Å². The summed E-state index contributed by atoms with van der Waals surface area (Å²) in [6.07, 6.45) is 53.0. The van der Waals surface area contributed by atoms with Gasteiger partial charge in [-0.1, -0.05) is 184 Å². The molecule has 0 aromatic heterocycles. The molecular formula is C51H56N2O5. The third-order valence-electron chi connectivity index (χ3n) is 9.17. The van der Waals surface area contributed by atoms with Crippen LogP contribution in [0.5, 0.6) is 0 Å². The lowest BCUT2D eigenvalue weighted by Gasteiger charge is -2.14. The van der Waals surface area contributed by atoms with Crippen molar-refractivity contribution < 1.29 is 24.5 Å². The van der Waals surface area contributed by atoms with Gasteiger partial charge in [-0.3, -0.25) is 15.0 Å². The van der Waals surface area contributed by atoms with Crippen LogP contribution in [-0.4, -0.2) is 48.5 Å². The lowest BCUT2D eigenvalue weighted by Crippen LogP contribution is -2.35. The van der Waals surface area contributed by atoms with Crippen molar-refractivity contribution in [3.63, 3.8) is 0 Å². The number of para-hydroxylation sites is 1. The van der Waals surface area contributed by atoms with Crippen molar-refractivity contribution in [3.05, 3.63) is 221 Å². The summed E-state index contributed by atoms with van der Waals surface area (Å²) in [5, 5.41) is 16.6. The van der Waals surface area contributed by atoms with Gasteiger partial charge in [0.2, 0.25) is 0 Å². The van der Waals surface area contributed by atoms with Crippen molar-refractivity contribution in [2.45, 2.75) is 40.0 Å². The quantitative estimate of drug-likeness (QED) is 0.240. The highest BCUT2D eigenvalue weighted by atomic mass is 16.5. The molecule has 8 aliphatic carbocycles. The van der Waals surface area contributed by atoms with Gasteiger partial charge in [-0.2, -0.15) is 0 Å². The zero-order valence-corrected chi connectivity index (χ0v) is 33.8. The van der Waals surface area contributed by atoms with Crippen LogP contribution in [0.25, 0.3) is 0 Å². The van der Waals surface area contributed by atoms with E-state index < -0.39 is 5.92 Å². The van der Waals surface area contributed by atoms with E-state index in [1.54, 1.807) is 12.1 Å². The van der Waals surface area contributed by atoms with Gasteiger partial charge in [0.05, 0.1) is 18.9 Å². The molecule has 58 heavy (non-hydrogen) atoms. The average Bonchev–Trinajstić information content (AvgIpc) is 4.06. The largest absolute Gasteiger partial charge is 0.394 e. The molecule has 1 aliphatic heterocycles. The molecule has 1 heterocycles. The van der Waals surface area contributed by atoms with Crippen LogP contribution in [-0.2, 0) is 14.3 Å². The number of rotatable bonds is 7. The molecule has 0 saturated carbocycles. The summed E-state index contributed by atoms with van der Waals surface area (Å²) >= 11 is 0. The number of fused-ring (bicyclic) bond motifs is 4. The summed E-state index contributed by atoms with van der Waals surface area (Å²) < 4.78 is 4.83. The van der Waals surface area contributed by atoms with Crippen LogP contribution in [0.3, 0.4) is 0 Å². The molecule has 10 rings (SSSR count). The highest BCUT2D eigenvalue weighted by Gasteiger charge is 2.39. The van der Waals surface area contributed by atoms with Gasteiger partial charge in [-0.15, -0.1) is 0 Å². The Labute approximate surface area is 344 Å². The fourth-order valence-electron chi connectivity index (χ4n) is 6.17. The first-order valence-electron chi connectivity index (χ1n) is 20.0. The minimum Gasteiger partial charge on any atom is -0.394 e. The first-order valence-corrected chi connectivity index (χ1v) is 20.0. The Balaban J connectivity index is 0.000000157. The maximum absolute atomic E-state index is 12.1. The van der Waals surface area contributed by atoms with Crippen LogP contribution in [0.1, 0.15) is 40.0 Å². The molecule has 0 radical (unpaired) electrons. The Morgan fingerprint density at radius 1 is 0.534 bits per heavy atom. The molecule has 1 unspecified atom stereocenters. The molecule has 0 spiro atoms. The zero-order chi connectivity index (χ0) is 41.4. The molecule has 9 aliphatic rings. The van der Waals surface area contributed by atoms with Gasteiger partial charge in [0, 0.05) is 13.2 Å². The van der Waals surface area contributed by atoms with E-state index in [-0.39, 0.29) is 25.0 Å². The van der Waals surface area contributed by atoms with Crippen molar-refractivity contribution in [1.29, 1.82) is 0 Å². The molecule has 1 saturated heterocycles. The summed E-state index contributed by atoms with van der Waals surface area (Å²) in [7, 11) is 0.